The Bertz CT molecular complexity index is 566. The predicted molar refractivity (Wildman–Crippen MR) is 103 cm³/mol. The molecule has 1 aromatic rings. The van der Waals surface area contributed by atoms with Crippen LogP contribution >= 0.6 is 12.4 Å². The summed E-state index contributed by atoms with van der Waals surface area (Å²) in [7, 11) is 0. The summed E-state index contributed by atoms with van der Waals surface area (Å²) >= 11 is 0. The lowest BCUT2D eigenvalue weighted by atomic mass is 9.67. The van der Waals surface area contributed by atoms with Gasteiger partial charge in [0.25, 0.3) is 0 Å². The van der Waals surface area contributed by atoms with E-state index in [9.17, 15) is 4.79 Å². The molecular formula is C20H31ClN2O2. The highest BCUT2D eigenvalue weighted by Gasteiger charge is 2.49. The van der Waals surface area contributed by atoms with E-state index in [4.69, 9.17) is 4.74 Å². The Morgan fingerprint density at radius 2 is 2.12 bits per heavy atom. The summed E-state index contributed by atoms with van der Waals surface area (Å²) in [6.45, 7) is 5.94. The molecule has 2 N–H and O–H groups in total. The molecule has 1 aromatic carbocycles. The van der Waals surface area contributed by atoms with Gasteiger partial charge in [0.2, 0.25) is 5.91 Å². The summed E-state index contributed by atoms with van der Waals surface area (Å²) in [5.41, 5.74) is 2.16. The fraction of sp³-hybridized carbons (Fsp3) is 0.650. The molecule has 1 amide bonds. The van der Waals surface area contributed by atoms with Crippen molar-refractivity contribution in [3.63, 3.8) is 0 Å². The third-order valence-electron chi connectivity index (χ3n) is 5.65. The number of ether oxygens (including phenoxy) is 1. The molecule has 2 fully saturated rings. The topological polar surface area (TPSA) is 50.4 Å². The van der Waals surface area contributed by atoms with Crippen LogP contribution in [0, 0.1) is 11.3 Å². The first kappa shape index (κ1) is 20.2. The van der Waals surface area contributed by atoms with Gasteiger partial charge >= 0.3 is 0 Å². The summed E-state index contributed by atoms with van der Waals surface area (Å²) in [6.07, 6.45) is 5.67. The second-order valence-electron chi connectivity index (χ2n) is 7.23. The first-order chi connectivity index (χ1) is 11.8. The number of carbonyl (C=O) groups is 1. The van der Waals surface area contributed by atoms with Crippen LogP contribution in [0.3, 0.4) is 0 Å². The predicted octanol–water partition coefficient (Wildman–Crippen LogP) is 3.43. The zero-order valence-electron chi connectivity index (χ0n) is 15.2. The van der Waals surface area contributed by atoms with Crippen LogP contribution in [0.2, 0.25) is 0 Å². The van der Waals surface area contributed by atoms with Gasteiger partial charge in [-0.25, -0.2) is 0 Å². The van der Waals surface area contributed by atoms with Crippen molar-refractivity contribution >= 4 is 18.3 Å². The van der Waals surface area contributed by atoms with Crippen molar-refractivity contribution in [2.75, 3.05) is 19.7 Å². The minimum absolute atomic E-state index is 0. The van der Waals surface area contributed by atoms with Crippen molar-refractivity contribution in [2.24, 2.45) is 11.3 Å². The number of rotatable bonds is 7. The molecular weight excluding hydrogens is 336 g/mol. The lowest BCUT2D eigenvalue weighted by molar-refractivity contribution is -0.134. The van der Waals surface area contributed by atoms with Gasteiger partial charge in [0.1, 0.15) is 0 Å². The second kappa shape index (κ2) is 9.56. The normalized spacial score (nSPS) is 25.1. The molecule has 0 bridgehead atoms. The van der Waals surface area contributed by atoms with E-state index in [1.54, 1.807) is 0 Å². The van der Waals surface area contributed by atoms with Gasteiger partial charge in [-0.05, 0) is 42.9 Å². The van der Waals surface area contributed by atoms with Crippen molar-refractivity contribution in [1.82, 2.24) is 10.6 Å². The van der Waals surface area contributed by atoms with Crippen LogP contribution in [0.5, 0.6) is 0 Å². The van der Waals surface area contributed by atoms with Crippen LogP contribution < -0.4 is 10.6 Å². The van der Waals surface area contributed by atoms with E-state index in [1.807, 2.05) is 12.1 Å². The van der Waals surface area contributed by atoms with E-state index >= 15 is 0 Å². The summed E-state index contributed by atoms with van der Waals surface area (Å²) in [5.74, 6) is 0.746. The highest BCUT2D eigenvalue weighted by Crippen LogP contribution is 2.43. The molecule has 1 saturated heterocycles. The molecule has 1 aliphatic heterocycles. The Morgan fingerprint density at radius 3 is 2.92 bits per heavy atom. The molecule has 1 aliphatic carbocycles. The smallest absolute Gasteiger partial charge is 0.228 e. The minimum Gasteiger partial charge on any atom is -0.377 e. The van der Waals surface area contributed by atoms with Gasteiger partial charge in [-0.15, -0.1) is 12.4 Å². The van der Waals surface area contributed by atoms with E-state index in [2.05, 4.69) is 29.7 Å². The lowest BCUT2D eigenvalue weighted by Crippen LogP contribution is -2.47. The molecule has 1 saturated carbocycles. The number of hydrogen-bond acceptors (Lipinski definition) is 3. The Kier molecular flexibility index (Phi) is 7.73. The Labute approximate surface area is 157 Å². The van der Waals surface area contributed by atoms with Crippen LogP contribution in [0.15, 0.2) is 24.3 Å². The number of carbonyl (C=O) groups excluding carboxylic acids is 1. The first-order valence-corrected chi connectivity index (χ1v) is 9.40. The Morgan fingerprint density at radius 1 is 1.32 bits per heavy atom. The highest BCUT2D eigenvalue weighted by molar-refractivity contribution is 5.85. The number of hydrogen-bond donors (Lipinski definition) is 2. The summed E-state index contributed by atoms with van der Waals surface area (Å²) < 4.78 is 5.68. The molecule has 2 atom stereocenters. The van der Waals surface area contributed by atoms with Crippen molar-refractivity contribution in [2.45, 2.75) is 52.2 Å². The maximum Gasteiger partial charge on any atom is 0.228 e. The summed E-state index contributed by atoms with van der Waals surface area (Å²) in [4.78, 5) is 13.0. The Balaban J connectivity index is 0.00000225. The molecule has 5 heteroatoms. The van der Waals surface area contributed by atoms with Gasteiger partial charge in [-0.3, -0.25) is 4.79 Å². The molecule has 140 valence electrons. The third kappa shape index (κ3) is 4.55. The van der Waals surface area contributed by atoms with E-state index in [-0.39, 0.29) is 23.7 Å². The molecule has 2 aliphatic rings. The fourth-order valence-electron chi connectivity index (χ4n) is 4.24. The summed E-state index contributed by atoms with van der Waals surface area (Å²) in [5, 5.41) is 6.68. The molecule has 4 nitrogen and oxygen atoms in total. The number of fused-ring (bicyclic) bond motifs is 1. The van der Waals surface area contributed by atoms with Gasteiger partial charge < -0.3 is 15.4 Å². The average molecular weight is 367 g/mol. The monoisotopic (exact) mass is 366 g/mol. The van der Waals surface area contributed by atoms with Crippen molar-refractivity contribution in [3.05, 3.63) is 35.4 Å². The van der Waals surface area contributed by atoms with Gasteiger partial charge in [0.05, 0.1) is 12.0 Å². The zero-order valence-corrected chi connectivity index (χ0v) is 16.0. The van der Waals surface area contributed by atoms with Crippen LogP contribution in [-0.4, -0.2) is 25.6 Å². The number of nitrogens with one attached hydrogen (secondary N) is 2. The maximum atomic E-state index is 13.0. The SMILES string of the molecule is CCCOCc1ccccc1CNC(=O)[C@@]12CCCC[C@H]1CNC2.Cl. The quantitative estimate of drug-likeness (QED) is 0.727. The molecule has 0 unspecified atom stereocenters. The second-order valence-corrected chi connectivity index (χ2v) is 7.23. The molecule has 3 rings (SSSR count). The standard InChI is InChI=1S/C20H30N2O2.ClH/c1-2-11-24-14-17-8-4-3-7-16(17)12-22-19(23)20-10-6-5-9-18(20)13-21-15-20;/h3-4,7-8,18,21H,2,5-6,9-15H2,1H3,(H,22,23);1H/t18-,20+;/m0./s1. The number of amides is 1. The number of halogens is 1. The molecule has 0 aromatic heterocycles. The average Bonchev–Trinajstić information content (AvgIpc) is 3.06. The number of benzene rings is 1. The van der Waals surface area contributed by atoms with Crippen molar-refractivity contribution in [3.8, 4) is 0 Å². The largest absolute Gasteiger partial charge is 0.377 e. The van der Waals surface area contributed by atoms with Gasteiger partial charge in [-0.1, -0.05) is 44.0 Å². The molecule has 25 heavy (non-hydrogen) atoms. The molecule has 1 heterocycles. The van der Waals surface area contributed by atoms with Crippen LogP contribution in [0.1, 0.15) is 50.2 Å². The van der Waals surface area contributed by atoms with E-state index in [0.29, 0.717) is 19.1 Å². The third-order valence-corrected chi connectivity index (χ3v) is 5.65. The lowest BCUT2D eigenvalue weighted by Gasteiger charge is -2.37. The zero-order chi connectivity index (χ0) is 16.8. The van der Waals surface area contributed by atoms with Gasteiger partial charge in [-0.2, -0.15) is 0 Å². The first-order valence-electron chi connectivity index (χ1n) is 9.40. The van der Waals surface area contributed by atoms with Crippen molar-refractivity contribution in [1.29, 1.82) is 0 Å². The Hall–Kier alpha value is -1.10. The molecule has 0 radical (unpaired) electrons. The summed E-state index contributed by atoms with van der Waals surface area (Å²) in [6, 6.07) is 8.25. The van der Waals surface area contributed by atoms with E-state index in [0.717, 1.165) is 38.1 Å². The minimum atomic E-state index is -0.175. The van der Waals surface area contributed by atoms with E-state index in [1.165, 1.54) is 24.8 Å². The van der Waals surface area contributed by atoms with Gasteiger partial charge in [0, 0.05) is 19.7 Å². The van der Waals surface area contributed by atoms with Gasteiger partial charge in [0.15, 0.2) is 0 Å². The highest BCUT2D eigenvalue weighted by atomic mass is 35.5. The van der Waals surface area contributed by atoms with Crippen LogP contribution in [0.4, 0.5) is 0 Å². The van der Waals surface area contributed by atoms with Crippen LogP contribution in [-0.2, 0) is 22.7 Å². The maximum absolute atomic E-state index is 13.0. The molecule has 0 spiro atoms. The van der Waals surface area contributed by atoms with Crippen LogP contribution in [0.25, 0.3) is 0 Å². The fourth-order valence-corrected chi connectivity index (χ4v) is 4.24. The van der Waals surface area contributed by atoms with E-state index < -0.39 is 0 Å². The van der Waals surface area contributed by atoms with Crippen molar-refractivity contribution < 1.29 is 9.53 Å².